The van der Waals surface area contributed by atoms with E-state index in [4.69, 9.17) is 4.42 Å². The molecule has 0 amide bonds. The Morgan fingerprint density at radius 2 is 1.79 bits per heavy atom. The lowest BCUT2D eigenvalue weighted by molar-refractivity contribution is -0.720. The molecule has 4 aromatic rings. The maximum absolute atomic E-state index is 13.1. The summed E-state index contributed by atoms with van der Waals surface area (Å²) in [6.45, 7) is 2.47. The molecule has 0 aliphatic heterocycles. The van der Waals surface area contributed by atoms with Crippen LogP contribution in [0.4, 0.5) is 0 Å². The summed E-state index contributed by atoms with van der Waals surface area (Å²) in [5.41, 5.74) is 1.70. The van der Waals surface area contributed by atoms with Gasteiger partial charge in [0.1, 0.15) is 5.56 Å². The molecule has 0 aliphatic rings. The number of nitrogens with zero attached hydrogens (tertiary/aromatic N) is 2. The average molecular weight is 320 g/mol. The van der Waals surface area contributed by atoms with Crippen LogP contribution in [-0.2, 0) is 6.54 Å². The second-order valence-corrected chi connectivity index (χ2v) is 5.69. The fraction of sp³-hybridized carbons (Fsp3) is 0.158. The average Bonchev–Trinajstić information content (AvgIpc) is 2.99. The van der Waals surface area contributed by atoms with Crippen LogP contribution >= 0.6 is 0 Å². The van der Waals surface area contributed by atoms with Gasteiger partial charge in [0.25, 0.3) is 0 Å². The Morgan fingerprint density at radius 1 is 1.08 bits per heavy atom. The van der Waals surface area contributed by atoms with E-state index in [2.05, 4.69) is 0 Å². The largest absolute Gasteiger partial charge is 0.842 e. The molecule has 0 radical (unpaired) electrons. The quantitative estimate of drug-likeness (QED) is 0.545. The van der Waals surface area contributed by atoms with Gasteiger partial charge in [0, 0.05) is 0 Å². The minimum atomic E-state index is -0.349. The Hall–Kier alpha value is -3.08. The van der Waals surface area contributed by atoms with E-state index in [1.165, 1.54) is 4.40 Å². The van der Waals surface area contributed by atoms with E-state index < -0.39 is 0 Å². The first-order valence-corrected chi connectivity index (χ1v) is 7.95. The second kappa shape index (κ2) is 5.53. The third-order valence-electron chi connectivity index (χ3n) is 4.12. The fourth-order valence-corrected chi connectivity index (χ4v) is 3.04. The highest BCUT2D eigenvalue weighted by Crippen LogP contribution is 2.24. The Kier molecular flexibility index (Phi) is 3.34. The SMILES string of the molecule is CCC[n+]1c([O-])c(-c2ccccc2)c(=O)n2c3ccccc3oc21. The summed E-state index contributed by atoms with van der Waals surface area (Å²) in [5.74, 6) is -0.0279. The van der Waals surface area contributed by atoms with Gasteiger partial charge in [-0.1, -0.05) is 49.4 Å². The van der Waals surface area contributed by atoms with Crippen LogP contribution in [0.2, 0.25) is 0 Å². The molecule has 5 nitrogen and oxygen atoms in total. The van der Waals surface area contributed by atoms with Gasteiger partial charge in [-0.3, -0.25) is 0 Å². The predicted octanol–water partition coefficient (Wildman–Crippen LogP) is 2.48. The van der Waals surface area contributed by atoms with Crippen LogP contribution in [0.15, 0.2) is 63.8 Å². The van der Waals surface area contributed by atoms with Gasteiger partial charge >= 0.3 is 11.4 Å². The van der Waals surface area contributed by atoms with Crippen molar-refractivity contribution in [1.29, 1.82) is 0 Å². The van der Waals surface area contributed by atoms with Crippen LogP contribution in [0.5, 0.6) is 5.88 Å². The molecule has 4 rings (SSSR count). The number of para-hydroxylation sites is 2. The van der Waals surface area contributed by atoms with Crippen LogP contribution in [0.3, 0.4) is 0 Å². The lowest BCUT2D eigenvalue weighted by Crippen LogP contribution is -2.43. The molecule has 0 unspecified atom stereocenters. The zero-order valence-corrected chi connectivity index (χ0v) is 13.2. The van der Waals surface area contributed by atoms with Crippen molar-refractivity contribution in [1.82, 2.24) is 4.40 Å². The molecule has 24 heavy (non-hydrogen) atoms. The molecule has 120 valence electrons. The molecular weight excluding hydrogens is 304 g/mol. The van der Waals surface area contributed by atoms with E-state index in [0.29, 0.717) is 23.2 Å². The van der Waals surface area contributed by atoms with Crippen LogP contribution in [0.1, 0.15) is 13.3 Å². The molecule has 0 spiro atoms. The van der Waals surface area contributed by atoms with Crippen molar-refractivity contribution in [2.45, 2.75) is 19.9 Å². The van der Waals surface area contributed by atoms with Crippen molar-refractivity contribution in [3.8, 4) is 17.0 Å². The fourth-order valence-electron chi connectivity index (χ4n) is 3.04. The highest BCUT2D eigenvalue weighted by atomic mass is 16.4. The summed E-state index contributed by atoms with van der Waals surface area (Å²) < 4.78 is 8.85. The first-order valence-electron chi connectivity index (χ1n) is 7.95. The summed E-state index contributed by atoms with van der Waals surface area (Å²) in [4.78, 5) is 13.1. The van der Waals surface area contributed by atoms with Crippen LogP contribution in [0, 0.1) is 0 Å². The van der Waals surface area contributed by atoms with Crippen molar-refractivity contribution in [2.24, 2.45) is 0 Å². The molecule has 0 saturated carbocycles. The number of fused-ring (bicyclic) bond motifs is 3. The van der Waals surface area contributed by atoms with Crippen molar-refractivity contribution in [3.63, 3.8) is 0 Å². The highest BCUT2D eigenvalue weighted by Gasteiger charge is 2.25. The summed E-state index contributed by atoms with van der Waals surface area (Å²) in [5, 5.41) is 13.0. The van der Waals surface area contributed by atoms with E-state index in [0.717, 1.165) is 6.42 Å². The Morgan fingerprint density at radius 3 is 2.54 bits per heavy atom. The molecule has 0 fully saturated rings. The maximum atomic E-state index is 13.1. The van der Waals surface area contributed by atoms with Crippen LogP contribution in [-0.4, -0.2) is 4.40 Å². The summed E-state index contributed by atoms with van der Waals surface area (Å²) in [6.07, 6.45) is 0.763. The van der Waals surface area contributed by atoms with Crippen molar-refractivity contribution >= 4 is 16.9 Å². The van der Waals surface area contributed by atoms with Crippen molar-refractivity contribution < 1.29 is 14.1 Å². The lowest BCUT2D eigenvalue weighted by atomic mass is 10.1. The van der Waals surface area contributed by atoms with E-state index in [9.17, 15) is 9.90 Å². The molecule has 0 atom stereocenters. The lowest BCUT2D eigenvalue weighted by Gasteiger charge is -2.14. The third-order valence-corrected chi connectivity index (χ3v) is 4.12. The Bertz CT molecular complexity index is 1090. The number of benzene rings is 2. The molecule has 2 aromatic carbocycles. The summed E-state index contributed by atoms with van der Waals surface area (Å²) >= 11 is 0. The monoisotopic (exact) mass is 320 g/mol. The van der Waals surface area contributed by atoms with Crippen LogP contribution in [0.25, 0.3) is 28.1 Å². The van der Waals surface area contributed by atoms with Gasteiger partial charge in [-0.15, -0.1) is 4.40 Å². The Balaban J connectivity index is 2.21. The van der Waals surface area contributed by atoms with Gasteiger partial charge in [-0.05, 0) is 24.1 Å². The van der Waals surface area contributed by atoms with Gasteiger partial charge in [-0.25, -0.2) is 9.36 Å². The topological polar surface area (TPSA) is 61.6 Å². The standard InChI is InChI=1S/C19H16N2O3/c1-2-12-20-17(22)16(13-8-4-3-5-9-13)18(23)21-14-10-6-7-11-15(14)24-19(20)21/h3-11H,2,12H2,1H3. The number of hydrogen-bond acceptors (Lipinski definition) is 3. The van der Waals surface area contributed by atoms with Gasteiger partial charge in [0.2, 0.25) is 0 Å². The van der Waals surface area contributed by atoms with E-state index in [1.807, 2.05) is 43.3 Å². The molecule has 2 aromatic heterocycles. The molecule has 5 heteroatoms. The number of oxazole rings is 1. The molecule has 0 bridgehead atoms. The first-order chi connectivity index (χ1) is 11.7. The Labute approximate surface area is 138 Å². The van der Waals surface area contributed by atoms with Gasteiger partial charge in [0.15, 0.2) is 11.1 Å². The number of aromatic nitrogens is 2. The predicted molar refractivity (Wildman–Crippen MR) is 88.8 cm³/mol. The normalized spacial score (nSPS) is 11.4. The molecular formula is C19H16N2O3. The minimum absolute atomic E-state index is 0.174. The number of rotatable bonds is 3. The molecule has 0 N–H and O–H groups in total. The van der Waals surface area contributed by atoms with E-state index in [1.54, 1.807) is 22.8 Å². The van der Waals surface area contributed by atoms with Crippen molar-refractivity contribution in [2.75, 3.05) is 0 Å². The van der Waals surface area contributed by atoms with Crippen molar-refractivity contribution in [3.05, 3.63) is 65.0 Å². The highest BCUT2D eigenvalue weighted by molar-refractivity contribution is 5.77. The second-order valence-electron chi connectivity index (χ2n) is 5.69. The number of aryl methyl sites for hydroxylation is 1. The third kappa shape index (κ3) is 2.01. The summed E-state index contributed by atoms with van der Waals surface area (Å²) in [7, 11) is 0. The van der Waals surface area contributed by atoms with E-state index >= 15 is 0 Å². The molecule has 0 aliphatic carbocycles. The zero-order valence-electron chi connectivity index (χ0n) is 13.2. The number of hydrogen-bond donors (Lipinski definition) is 0. The van der Waals surface area contributed by atoms with Gasteiger partial charge < -0.3 is 9.52 Å². The molecule has 2 heterocycles. The smallest absolute Gasteiger partial charge is 0.469 e. The summed E-state index contributed by atoms with van der Waals surface area (Å²) in [6, 6.07) is 16.4. The van der Waals surface area contributed by atoms with Gasteiger partial charge in [0.05, 0.1) is 12.4 Å². The zero-order chi connectivity index (χ0) is 16.7. The van der Waals surface area contributed by atoms with E-state index in [-0.39, 0.29) is 22.8 Å². The first kappa shape index (κ1) is 14.5. The minimum Gasteiger partial charge on any atom is -0.842 e. The molecule has 0 saturated heterocycles. The van der Waals surface area contributed by atoms with Gasteiger partial charge in [-0.2, -0.15) is 0 Å². The van der Waals surface area contributed by atoms with Crippen LogP contribution < -0.4 is 15.2 Å². The maximum Gasteiger partial charge on any atom is 0.469 e.